The number of benzene rings is 3. The van der Waals surface area contributed by atoms with Crippen molar-refractivity contribution in [2.75, 3.05) is 5.32 Å². The first kappa shape index (κ1) is 17.9. The second kappa shape index (κ2) is 7.67. The van der Waals surface area contributed by atoms with Gasteiger partial charge in [0.1, 0.15) is 18.1 Å². The van der Waals surface area contributed by atoms with Crippen molar-refractivity contribution in [3.8, 4) is 5.75 Å². The van der Waals surface area contributed by atoms with Crippen molar-refractivity contribution in [1.82, 2.24) is 15.0 Å². The number of hydrogen-bond acceptors (Lipinski definition) is 4. The van der Waals surface area contributed by atoms with E-state index in [0.29, 0.717) is 23.6 Å². The van der Waals surface area contributed by atoms with Crippen LogP contribution in [0.5, 0.6) is 5.75 Å². The fourth-order valence-corrected chi connectivity index (χ4v) is 3.38. The van der Waals surface area contributed by atoms with Gasteiger partial charge < -0.3 is 15.0 Å². The zero-order valence-corrected chi connectivity index (χ0v) is 16.0. The van der Waals surface area contributed by atoms with E-state index in [1.807, 2.05) is 66.7 Å². The van der Waals surface area contributed by atoms with E-state index >= 15 is 0 Å². The number of nitrogens with zero attached hydrogens (tertiary/aromatic N) is 2. The molecule has 2 heterocycles. The molecule has 6 heteroatoms. The van der Waals surface area contributed by atoms with E-state index in [1.165, 1.54) is 0 Å². The predicted octanol–water partition coefficient (Wildman–Crippen LogP) is 4.94. The lowest BCUT2D eigenvalue weighted by molar-refractivity contribution is 0.102. The zero-order chi connectivity index (χ0) is 20.3. The highest BCUT2D eigenvalue weighted by Gasteiger charge is 2.13. The van der Waals surface area contributed by atoms with Crippen LogP contribution in [-0.4, -0.2) is 20.9 Å². The van der Waals surface area contributed by atoms with Crippen LogP contribution in [0.1, 0.15) is 16.1 Å². The lowest BCUT2D eigenvalue weighted by Gasteiger charge is -2.13. The molecular formula is C24H18N4O2. The zero-order valence-electron chi connectivity index (χ0n) is 16.0. The Hall–Kier alpha value is -4.19. The molecule has 0 aliphatic carbocycles. The largest absolute Gasteiger partial charge is 0.488 e. The summed E-state index contributed by atoms with van der Waals surface area (Å²) < 4.78 is 6.05. The highest BCUT2D eigenvalue weighted by molar-refractivity contribution is 6.09. The lowest BCUT2D eigenvalue weighted by atomic mass is 10.1. The number of carbonyl (C=O) groups is 1. The van der Waals surface area contributed by atoms with Crippen LogP contribution < -0.4 is 10.1 Å². The Bertz CT molecular complexity index is 1350. The highest BCUT2D eigenvalue weighted by atomic mass is 16.5. The molecule has 6 nitrogen and oxygen atoms in total. The monoisotopic (exact) mass is 394 g/mol. The number of hydrogen-bond donors (Lipinski definition) is 2. The molecule has 0 atom stereocenters. The predicted molar refractivity (Wildman–Crippen MR) is 117 cm³/mol. The van der Waals surface area contributed by atoms with Crippen molar-refractivity contribution >= 4 is 33.5 Å². The van der Waals surface area contributed by atoms with Gasteiger partial charge in [0.15, 0.2) is 5.65 Å². The molecular weight excluding hydrogens is 376 g/mol. The first-order chi connectivity index (χ1) is 14.8. The first-order valence-electron chi connectivity index (χ1n) is 9.58. The number of rotatable bonds is 5. The van der Waals surface area contributed by atoms with Gasteiger partial charge in [-0.25, -0.2) is 9.97 Å². The molecule has 0 bridgehead atoms. The second-order valence-electron chi connectivity index (χ2n) is 6.86. The highest BCUT2D eigenvalue weighted by Crippen LogP contribution is 2.32. The molecule has 2 aromatic heterocycles. The van der Waals surface area contributed by atoms with E-state index in [4.69, 9.17) is 4.74 Å². The average molecular weight is 394 g/mol. The van der Waals surface area contributed by atoms with Gasteiger partial charge in [-0.2, -0.15) is 0 Å². The number of nitrogens with one attached hydrogen (secondary N) is 2. The molecule has 0 saturated heterocycles. The van der Waals surface area contributed by atoms with Gasteiger partial charge in [0.2, 0.25) is 0 Å². The Balaban J connectivity index is 1.42. The smallest absolute Gasteiger partial charge is 0.274 e. The van der Waals surface area contributed by atoms with Gasteiger partial charge >= 0.3 is 0 Å². The minimum Gasteiger partial charge on any atom is -0.488 e. The van der Waals surface area contributed by atoms with E-state index in [2.05, 4.69) is 20.3 Å². The fourth-order valence-electron chi connectivity index (χ4n) is 3.38. The summed E-state index contributed by atoms with van der Waals surface area (Å²) in [5.41, 5.74) is 3.41. The van der Waals surface area contributed by atoms with E-state index in [9.17, 15) is 4.79 Å². The number of carbonyl (C=O) groups excluding carboxylic acids is 1. The Morgan fingerprint density at radius 2 is 1.70 bits per heavy atom. The van der Waals surface area contributed by atoms with Crippen molar-refractivity contribution in [2.45, 2.75) is 6.61 Å². The normalized spacial score (nSPS) is 10.9. The van der Waals surface area contributed by atoms with Gasteiger partial charge in [-0.15, -0.1) is 0 Å². The third-order valence-electron chi connectivity index (χ3n) is 4.88. The van der Waals surface area contributed by atoms with Crippen LogP contribution in [0.2, 0.25) is 0 Å². The molecule has 0 radical (unpaired) electrons. The maximum Gasteiger partial charge on any atom is 0.274 e. The molecule has 0 fully saturated rings. The van der Waals surface area contributed by atoms with Crippen molar-refractivity contribution in [3.05, 3.63) is 96.4 Å². The summed E-state index contributed by atoms with van der Waals surface area (Å²) in [5.74, 6) is 0.478. The number of H-pyrrole nitrogens is 1. The van der Waals surface area contributed by atoms with Crippen LogP contribution in [0.4, 0.5) is 5.69 Å². The van der Waals surface area contributed by atoms with Gasteiger partial charge in [-0.1, -0.05) is 54.6 Å². The van der Waals surface area contributed by atoms with Crippen LogP contribution in [-0.2, 0) is 6.61 Å². The molecule has 0 aliphatic rings. The average Bonchev–Trinajstić information content (AvgIpc) is 3.27. The van der Waals surface area contributed by atoms with Crippen molar-refractivity contribution < 1.29 is 9.53 Å². The van der Waals surface area contributed by atoms with Gasteiger partial charge in [-0.05, 0) is 29.8 Å². The molecule has 2 N–H and O–H groups in total. The maximum absolute atomic E-state index is 12.8. The topological polar surface area (TPSA) is 79.9 Å². The number of amides is 1. The number of aromatic nitrogens is 3. The molecule has 30 heavy (non-hydrogen) atoms. The standard InChI is InChI=1S/C24H18N4O2/c29-24(21-11-10-20-23(27-21)26-15-25-20)28-19-12-13-22(18-9-5-4-8-17(18)19)30-14-16-6-2-1-3-7-16/h1-13,15H,14H2,(H,28,29)(H,25,26,27). The quantitative estimate of drug-likeness (QED) is 0.442. The summed E-state index contributed by atoms with van der Waals surface area (Å²) in [4.78, 5) is 24.2. The Morgan fingerprint density at radius 3 is 2.57 bits per heavy atom. The second-order valence-corrected chi connectivity index (χ2v) is 6.86. The summed E-state index contributed by atoms with van der Waals surface area (Å²) in [5, 5.41) is 4.80. The Labute approximate surface area is 172 Å². The molecule has 0 unspecified atom stereocenters. The van der Waals surface area contributed by atoms with E-state index in [1.54, 1.807) is 18.5 Å². The molecule has 0 saturated carbocycles. The van der Waals surface area contributed by atoms with Crippen LogP contribution >= 0.6 is 0 Å². The van der Waals surface area contributed by atoms with Crippen molar-refractivity contribution in [1.29, 1.82) is 0 Å². The number of ether oxygens (including phenoxy) is 1. The SMILES string of the molecule is O=C(Nc1ccc(OCc2ccccc2)c2ccccc12)c1ccc2[nH]cnc2n1. The molecule has 146 valence electrons. The summed E-state index contributed by atoms with van der Waals surface area (Å²) >= 11 is 0. The molecule has 5 rings (SSSR count). The molecule has 1 amide bonds. The molecule has 0 aliphatic heterocycles. The van der Waals surface area contributed by atoms with E-state index < -0.39 is 0 Å². The fraction of sp³-hybridized carbons (Fsp3) is 0.0417. The van der Waals surface area contributed by atoms with Crippen LogP contribution in [0.25, 0.3) is 21.9 Å². The molecule has 0 spiro atoms. The third kappa shape index (κ3) is 3.46. The molecule has 5 aromatic rings. The Morgan fingerprint density at radius 1 is 0.900 bits per heavy atom. The van der Waals surface area contributed by atoms with Crippen molar-refractivity contribution in [2.24, 2.45) is 0 Å². The van der Waals surface area contributed by atoms with Crippen LogP contribution in [0.15, 0.2) is 85.2 Å². The number of pyridine rings is 1. The number of fused-ring (bicyclic) bond motifs is 2. The minimum absolute atomic E-state index is 0.289. The third-order valence-corrected chi connectivity index (χ3v) is 4.88. The summed E-state index contributed by atoms with van der Waals surface area (Å²) in [6.45, 7) is 0.476. The Kier molecular flexibility index (Phi) is 4.57. The summed E-state index contributed by atoms with van der Waals surface area (Å²) in [6.07, 6.45) is 1.56. The number of aromatic amines is 1. The lowest BCUT2D eigenvalue weighted by Crippen LogP contribution is -2.14. The van der Waals surface area contributed by atoms with Gasteiger partial charge in [0, 0.05) is 16.5 Å². The first-order valence-corrected chi connectivity index (χ1v) is 9.58. The maximum atomic E-state index is 12.8. The molecule has 3 aromatic carbocycles. The van der Waals surface area contributed by atoms with Gasteiger partial charge in [0.25, 0.3) is 5.91 Å². The van der Waals surface area contributed by atoms with E-state index in [0.717, 1.165) is 27.6 Å². The van der Waals surface area contributed by atoms with Gasteiger partial charge in [-0.3, -0.25) is 4.79 Å². The minimum atomic E-state index is -0.289. The van der Waals surface area contributed by atoms with Crippen LogP contribution in [0.3, 0.4) is 0 Å². The van der Waals surface area contributed by atoms with E-state index in [-0.39, 0.29) is 5.91 Å². The summed E-state index contributed by atoms with van der Waals surface area (Å²) in [6, 6.07) is 25.1. The van der Waals surface area contributed by atoms with Gasteiger partial charge in [0.05, 0.1) is 11.8 Å². The summed E-state index contributed by atoms with van der Waals surface area (Å²) in [7, 11) is 0. The van der Waals surface area contributed by atoms with Crippen molar-refractivity contribution in [3.63, 3.8) is 0 Å². The number of imidazole rings is 1. The number of anilines is 1. The van der Waals surface area contributed by atoms with Crippen LogP contribution in [0, 0.1) is 0 Å².